The standard InChI is InChI=1S/C22H23N5O4/c1-12-8-16-17(9-13(12)2)27(19-18(24-16)20(28)26-22(31)25-19)7-6-23-11-14-4-3-5-15(10-14)21(29)30/h3,5,8-10,14,23H,4,6-7,11H2,1-2H3,(H,29,30)(H,26,28,31). The summed E-state index contributed by atoms with van der Waals surface area (Å²) in [5.41, 5.74) is 2.75. The van der Waals surface area contributed by atoms with Gasteiger partial charge in [-0.3, -0.25) is 9.78 Å². The lowest BCUT2D eigenvalue weighted by Crippen LogP contribution is -2.31. The first-order chi connectivity index (χ1) is 14.8. The third-order valence-electron chi connectivity index (χ3n) is 5.54. The maximum atomic E-state index is 12.3. The van der Waals surface area contributed by atoms with E-state index in [1.807, 2.05) is 36.6 Å². The van der Waals surface area contributed by atoms with E-state index < -0.39 is 17.2 Å². The first-order valence-electron chi connectivity index (χ1n) is 10.1. The van der Waals surface area contributed by atoms with Gasteiger partial charge >= 0.3 is 11.7 Å². The van der Waals surface area contributed by atoms with Crippen LogP contribution in [0.4, 0.5) is 0 Å². The SMILES string of the molecule is Cc1cc2nc3c(=O)[nH]c(=O)nc-3n(CCNCC3C=C(C(=O)O)C=CC3)c2cc1C. The Bertz CT molecular complexity index is 1320. The Balaban J connectivity index is 1.62. The molecule has 3 N–H and O–H groups in total. The molecule has 1 unspecified atom stereocenters. The van der Waals surface area contributed by atoms with Crippen molar-refractivity contribution < 1.29 is 9.90 Å². The summed E-state index contributed by atoms with van der Waals surface area (Å²) in [5, 5.41) is 12.5. The van der Waals surface area contributed by atoms with Gasteiger partial charge in [0.1, 0.15) is 0 Å². The molecule has 9 nitrogen and oxygen atoms in total. The van der Waals surface area contributed by atoms with Crippen molar-refractivity contribution in [2.24, 2.45) is 5.92 Å². The fourth-order valence-corrected chi connectivity index (χ4v) is 3.79. The Hall–Kier alpha value is -3.59. The molecule has 9 heteroatoms. The molecule has 1 atom stereocenters. The second-order valence-corrected chi connectivity index (χ2v) is 7.76. The van der Waals surface area contributed by atoms with Gasteiger partial charge in [0.25, 0.3) is 5.56 Å². The van der Waals surface area contributed by atoms with Crippen LogP contribution in [-0.4, -0.2) is 43.7 Å². The largest absolute Gasteiger partial charge is 0.478 e. The Morgan fingerprint density at radius 1 is 1.26 bits per heavy atom. The minimum absolute atomic E-state index is 0.0890. The van der Waals surface area contributed by atoms with Crippen molar-refractivity contribution in [1.82, 2.24) is 24.8 Å². The number of aliphatic carboxylic acids is 1. The number of nitrogens with zero attached hydrogens (tertiary/aromatic N) is 3. The van der Waals surface area contributed by atoms with Crippen molar-refractivity contribution >= 4 is 17.0 Å². The Morgan fingerprint density at radius 3 is 2.81 bits per heavy atom. The molecule has 0 fully saturated rings. The predicted octanol–water partition coefficient (Wildman–Crippen LogP) is 1.38. The number of aryl methyl sites for hydroxylation is 2. The second-order valence-electron chi connectivity index (χ2n) is 7.76. The fraction of sp³-hybridized carbons (Fsp3) is 0.318. The van der Waals surface area contributed by atoms with Crippen LogP contribution in [0.5, 0.6) is 0 Å². The first-order valence-corrected chi connectivity index (χ1v) is 10.1. The molecule has 3 aliphatic rings. The Kier molecular flexibility index (Phi) is 5.51. The van der Waals surface area contributed by atoms with Crippen molar-refractivity contribution in [3.8, 4) is 11.5 Å². The van der Waals surface area contributed by atoms with E-state index in [-0.39, 0.29) is 17.4 Å². The van der Waals surface area contributed by atoms with E-state index in [1.54, 1.807) is 12.2 Å². The molecule has 0 saturated heterocycles. The average molecular weight is 421 g/mol. The molecule has 2 heterocycles. The third-order valence-corrected chi connectivity index (χ3v) is 5.54. The summed E-state index contributed by atoms with van der Waals surface area (Å²) >= 11 is 0. The van der Waals surface area contributed by atoms with Gasteiger partial charge < -0.3 is 15.0 Å². The highest BCUT2D eigenvalue weighted by Gasteiger charge is 2.19. The summed E-state index contributed by atoms with van der Waals surface area (Å²) in [6.07, 6.45) is 6.02. The van der Waals surface area contributed by atoms with E-state index in [1.165, 1.54) is 0 Å². The number of fused-ring (bicyclic) bond motifs is 2. The highest BCUT2D eigenvalue weighted by molar-refractivity contribution is 5.90. The number of carboxylic acids is 1. The number of aromatic nitrogens is 4. The molecular formula is C22H23N5O4. The summed E-state index contributed by atoms with van der Waals surface area (Å²) in [7, 11) is 0. The number of nitrogens with one attached hydrogen (secondary N) is 2. The molecule has 160 valence electrons. The van der Waals surface area contributed by atoms with E-state index in [2.05, 4.69) is 20.3 Å². The van der Waals surface area contributed by atoms with Crippen LogP contribution >= 0.6 is 0 Å². The summed E-state index contributed by atoms with van der Waals surface area (Å²) in [6.45, 7) is 5.60. The second kappa shape index (κ2) is 8.27. The molecular weight excluding hydrogens is 398 g/mol. The lowest BCUT2D eigenvalue weighted by atomic mass is 9.96. The lowest BCUT2D eigenvalue weighted by molar-refractivity contribution is -0.132. The lowest BCUT2D eigenvalue weighted by Gasteiger charge is -2.19. The topological polar surface area (TPSA) is 130 Å². The monoisotopic (exact) mass is 421 g/mol. The zero-order valence-corrected chi connectivity index (χ0v) is 17.3. The van der Waals surface area contributed by atoms with E-state index in [9.17, 15) is 14.4 Å². The zero-order valence-electron chi connectivity index (χ0n) is 17.3. The number of hydrogen-bond acceptors (Lipinski definition) is 6. The minimum atomic E-state index is -0.929. The summed E-state index contributed by atoms with van der Waals surface area (Å²) in [4.78, 5) is 46.0. The number of H-pyrrole nitrogens is 1. The number of allylic oxidation sites excluding steroid dienone is 1. The third kappa shape index (κ3) is 4.17. The molecule has 0 saturated carbocycles. The van der Waals surface area contributed by atoms with Crippen molar-refractivity contribution in [1.29, 1.82) is 0 Å². The molecule has 1 aromatic carbocycles. The van der Waals surface area contributed by atoms with Gasteiger partial charge in [-0.15, -0.1) is 0 Å². The molecule has 1 aromatic rings. The fourth-order valence-electron chi connectivity index (χ4n) is 3.79. The van der Waals surface area contributed by atoms with Gasteiger partial charge in [-0.05, 0) is 49.4 Å². The first kappa shape index (κ1) is 20.7. The minimum Gasteiger partial charge on any atom is -0.478 e. The summed E-state index contributed by atoms with van der Waals surface area (Å²) in [5.74, 6) is -0.590. The Labute approximate surface area is 177 Å². The molecule has 0 amide bonds. The van der Waals surface area contributed by atoms with Crippen molar-refractivity contribution in [3.05, 3.63) is 67.9 Å². The van der Waals surface area contributed by atoms with Crippen LogP contribution in [0, 0.1) is 19.8 Å². The van der Waals surface area contributed by atoms with Crippen molar-refractivity contribution in [2.75, 3.05) is 13.1 Å². The highest BCUT2D eigenvalue weighted by Crippen LogP contribution is 2.23. The van der Waals surface area contributed by atoms with Gasteiger partial charge in [-0.25, -0.2) is 14.6 Å². The van der Waals surface area contributed by atoms with Gasteiger partial charge in [0.05, 0.1) is 16.6 Å². The van der Waals surface area contributed by atoms with Gasteiger partial charge in [-0.2, -0.15) is 4.98 Å². The number of carboxylic acid groups (broad SMARTS) is 1. The van der Waals surface area contributed by atoms with Gasteiger partial charge in [0.2, 0.25) is 0 Å². The van der Waals surface area contributed by atoms with E-state index in [4.69, 9.17) is 5.11 Å². The van der Waals surface area contributed by atoms with Crippen LogP contribution in [0.15, 0.2) is 45.5 Å². The number of benzene rings is 1. The maximum absolute atomic E-state index is 12.3. The molecule has 0 bridgehead atoms. The van der Waals surface area contributed by atoms with Crippen molar-refractivity contribution in [2.45, 2.75) is 26.8 Å². The van der Waals surface area contributed by atoms with Crippen LogP contribution in [-0.2, 0) is 11.3 Å². The predicted molar refractivity (Wildman–Crippen MR) is 116 cm³/mol. The van der Waals surface area contributed by atoms with Gasteiger partial charge in [-0.1, -0.05) is 18.2 Å². The van der Waals surface area contributed by atoms with Crippen LogP contribution in [0.3, 0.4) is 0 Å². The maximum Gasteiger partial charge on any atom is 0.349 e. The number of aromatic amines is 1. The quantitative estimate of drug-likeness (QED) is 0.405. The smallest absolute Gasteiger partial charge is 0.349 e. The summed E-state index contributed by atoms with van der Waals surface area (Å²) < 4.78 is 1.84. The zero-order chi connectivity index (χ0) is 22.1. The van der Waals surface area contributed by atoms with Crippen LogP contribution in [0.25, 0.3) is 22.6 Å². The molecule has 4 rings (SSSR count). The van der Waals surface area contributed by atoms with Crippen LogP contribution in [0.2, 0.25) is 0 Å². The molecule has 0 aromatic heterocycles. The van der Waals surface area contributed by atoms with E-state index in [0.717, 1.165) is 23.1 Å². The molecule has 31 heavy (non-hydrogen) atoms. The molecule has 0 radical (unpaired) electrons. The number of rotatable bonds is 6. The average Bonchev–Trinajstić information content (AvgIpc) is 2.72. The van der Waals surface area contributed by atoms with E-state index in [0.29, 0.717) is 30.7 Å². The molecule has 0 spiro atoms. The van der Waals surface area contributed by atoms with Gasteiger partial charge in [0, 0.05) is 19.6 Å². The highest BCUT2D eigenvalue weighted by atomic mass is 16.4. The normalized spacial score (nSPS) is 16.1. The number of hydrogen-bond donors (Lipinski definition) is 3. The van der Waals surface area contributed by atoms with Crippen LogP contribution < -0.4 is 16.6 Å². The van der Waals surface area contributed by atoms with Gasteiger partial charge in [0.15, 0.2) is 11.5 Å². The van der Waals surface area contributed by atoms with Crippen molar-refractivity contribution in [3.63, 3.8) is 0 Å². The summed E-state index contributed by atoms with van der Waals surface area (Å²) in [6, 6.07) is 3.91. The molecule has 1 aliphatic carbocycles. The number of carbonyl (C=O) groups is 1. The van der Waals surface area contributed by atoms with Crippen LogP contribution in [0.1, 0.15) is 17.5 Å². The Morgan fingerprint density at radius 2 is 2.03 bits per heavy atom. The molecule has 2 aliphatic heterocycles. The van der Waals surface area contributed by atoms with E-state index >= 15 is 0 Å².